The summed E-state index contributed by atoms with van der Waals surface area (Å²) in [5, 5.41) is 1.90. The smallest absolute Gasteiger partial charge is 0.343 e. The Morgan fingerprint density at radius 2 is 1.11 bits per heavy atom. The van der Waals surface area contributed by atoms with E-state index in [1.807, 2.05) is 61.5 Å². The van der Waals surface area contributed by atoms with Crippen LogP contribution in [0.15, 0.2) is 84.9 Å². The van der Waals surface area contributed by atoms with Crippen LogP contribution in [0.25, 0.3) is 21.9 Å². The summed E-state index contributed by atoms with van der Waals surface area (Å²) in [4.78, 5) is 25.5. The fourth-order valence-corrected chi connectivity index (χ4v) is 5.67. The SMILES string of the molecule is CCCCCCCCCCOc1ccc(-c2ccc(C(=O)Oc3ccc4cc([C@H](C)C(=O)OCCCCCC)ccc4c3)cc2)cc1. The van der Waals surface area contributed by atoms with Crippen LogP contribution < -0.4 is 9.47 Å². The lowest BCUT2D eigenvalue weighted by Crippen LogP contribution is -2.14. The molecule has 0 bridgehead atoms. The fourth-order valence-electron chi connectivity index (χ4n) is 5.67. The van der Waals surface area contributed by atoms with E-state index >= 15 is 0 Å². The third kappa shape index (κ3) is 11.6. The predicted octanol–water partition coefficient (Wildman–Crippen LogP) is 11.5. The topological polar surface area (TPSA) is 61.8 Å². The standard InChI is InChI=1S/C42H52O5/c1-4-6-8-10-11-12-13-15-28-45-39-25-22-34(23-26-39)33-16-18-35(19-17-33)42(44)47-40-27-24-37-30-36(20-21-38(37)31-40)32(3)41(43)46-29-14-9-7-5-2/h16-27,30-32H,4-15,28-29H2,1-3H3/t32-/m0/s1. The maximum absolute atomic E-state index is 12.9. The van der Waals surface area contributed by atoms with E-state index < -0.39 is 5.97 Å². The Bertz CT molecular complexity index is 1520. The predicted molar refractivity (Wildman–Crippen MR) is 192 cm³/mol. The van der Waals surface area contributed by atoms with Crippen molar-refractivity contribution in [3.8, 4) is 22.6 Å². The minimum absolute atomic E-state index is 0.201. The number of hydrogen-bond donors (Lipinski definition) is 0. The third-order valence-corrected chi connectivity index (χ3v) is 8.72. The number of esters is 2. The van der Waals surface area contributed by atoms with E-state index in [1.165, 1.54) is 44.9 Å². The highest BCUT2D eigenvalue weighted by Crippen LogP contribution is 2.27. The molecule has 5 heteroatoms. The maximum atomic E-state index is 12.9. The lowest BCUT2D eigenvalue weighted by Gasteiger charge is -2.13. The van der Waals surface area contributed by atoms with Crippen molar-refractivity contribution in [1.29, 1.82) is 0 Å². The van der Waals surface area contributed by atoms with Crippen LogP contribution in [0, 0.1) is 0 Å². The molecule has 0 aliphatic rings. The lowest BCUT2D eigenvalue weighted by atomic mass is 9.98. The van der Waals surface area contributed by atoms with E-state index in [2.05, 4.69) is 26.0 Å². The molecule has 0 unspecified atom stereocenters. The van der Waals surface area contributed by atoms with Crippen LogP contribution in [0.1, 0.15) is 120 Å². The van der Waals surface area contributed by atoms with Gasteiger partial charge in [-0.05, 0) is 83.6 Å². The summed E-state index contributed by atoms with van der Waals surface area (Å²) >= 11 is 0. The molecule has 47 heavy (non-hydrogen) atoms. The van der Waals surface area contributed by atoms with Gasteiger partial charge in [0.25, 0.3) is 0 Å². The van der Waals surface area contributed by atoms with Gasteiger partial charge in [-0.3, -0.25) is 4.79 Å². The first-order valence-corrected chi connectivity index (χ1v) is 17.7. The Morgan fingerprint density at radius 3 is 1.79 bits per heavy atom. The van der Waals surface area contributed by atoms with Gasteiger partial charge in [-0.25, -0.2) is 4.79 Å². The zero-order chi connectivity index (χ0) is 33.3. The molecule has 0 aromatic heterocycles. The molecule has 0 aliphatic carbocycles. The summed E-state index contributed by atoms with van der Waals surface area (Å²) in [7, 11) is 0. The molecule has 0 fully saturated rings. The van der Waals surface area contributed by atoms with Crippen molar-refractivity contribution in [2.75, 3.05) is 13.2 Å². The monoisotopic (exact) mass is 636 g/mol. The molecule has 0 heterocycles. The van der Waals surface area contributed by atoms with E-state index in [0.29, 0.717) is 17.9 Å². The molecule has 0 radical (unpaired) electrons. The van der Waals surface area contributed by atoms with Crippen LogP contribution in [0.2, 0.25) is 0 Å². The summed E-state index contributed by atoms with van der Waals surface area (Å²) in [6.45, 7) is 7.51. The normalized spacial score (nSPS) is 11.7. The van der Waals surface area contributed by atoms with E-state index in [1.54, 1.807) is 18.2 Å². The minimum atomic E-state index is -0.410. The average Bonchev–Trinajstić information content (AvgIpc) is 3.10. The Hall–Kier alpha value is -4.12. The quantitative estimate of drug-likeness (QED) is 0.0549. The lowest BCUT2D eigenvalue weighted by molar-refractivity contribution is -0.145. The van der Waals surface area contributed by atoms with Crippen molar-refractivity contribution in [3.63, 3.8) is 0 Å². The molecule has 4 aromatic rings. The molecule has 0 spiro atoms. The minimum Gasteiger partial charge on any atom is -0.494 e. The van der Waals surface area contributed by atoms with E-state index in [4.69, 9.17) is 14.2 Å². The van der Waals surface area contributed by atoms with Crippen LogP contribution in [0.5, 0.6) is 11.5 Å². The van der Waals surface area contributed by atoms with E-state index in [-0.39, 0.29) is 11.9 Å². The van der Waals surface area contributed by atoms with Crippen LogP contribution in [0.4, 0.5) is 0 Å². The molecule has 0 saturated heterocycles. The molecule has 0 amide bonds. The van der Waals surface area contributed by atoms with Crippen molar-refractivity contribution >= 4 is 22.7 Å². The van der Waals surface area contributed by atoms with Crippen molar-refractivity contribution in [2.24, 2.45) is 0 Å². The van der Waals surface area contributed by atoms with Gasteiger partial charge in [-0.1, -0.05) is 127 Å². The van der Waals surface area contributed by atoms with Crippen LogP contribution in [-0.4, -0.2) is 25.2 Å². The molecule has 5 nitrogen and oxygen atoms in total. The van der Waals surface area contributed by atoms with Gasteiger partial charge in [-0.2, -0.15) is 0 Å². The van der Waals surface area contributed by atoms with E-state index in [0.717, 1.165) is 71.9 Å². The molecule has 0 saturated carbocycles. The number of benzene rings is 4. The van der Waals surface area contributed by atoms with Gasteiger partial charge >= 0.3 is 11.9 Å². The van der Waals surface area contributed by atoms with Crippen molar-refractivity contribution in [1.82, 2.24) is 0 Å². The molecule has 4 aromatic carbocycles. The molecule has 0 N–H and O–H groups in total. The number of unbranched alkanes of at least 4 members (excludes halogenated alkanes) is 10. The summed E-state index contributed by atoms with van der Waals surface area (Å²) in [6, 6.07) is 27.0. The first-order chi connectivity index (χ1) is 23.0. The maximum Gasteiger partial charge on any atom is 0.343 e. The largest absolute Gasteiger partial charge is 0.494 e. The van der Waals surface area contributed by atoms with Crippen molar-refractivity contribution < 1.29 is 23.8 Å². The van der Waals surface area contributed by atoms with Gasteiger partial charge in [0.15, 0.2) is 0 Å². The Kier molecular flexibility index (Phi) is 14.8. The second-order valence-corrected chi connectivity index (χ2v) is 12.5. The molecular formula is C42H52O5. The Morgan fingerprint density at radius 1 is 0.574 bits per heavy atom. The zero-order valence-corrected chi connectivity index (χ0v) is 28.6. The number of ether oxygens (including phenoxy) is 3. The second-order valence-electron chi connectivity index (χ2n) is 12.5. The first kappa shape index (κ1) is 35.7. The fraction of sp³-hybridized carbons (Fsp3) is 0.429. The number of carbonyl (C=O) groups is 2. The molecule has 4 rings (SSSR count). The van der Waals surface area contributed by atoms with Crippen molar-refractivity contribution in [3.05, 3.63) is 96.1 Å². The van der Waals surface area contributed by atoms with E-state index in [9.17, 15) is 9.59 Å². The first-order valence-electron chi connectivity index (χ1n) is 17.7. The highest BCUT2D eigenvalue weighted by Gasteiger charge is 2.17. The van der Waals surface area contributed by atoms with Gasteiger partial charge in [0.2, 0.25) is 0 Å². The Balaban J connectivity index is 1.24. The summed E-state index contributed by atoms with van der Waals surface area (Å²) < 4.78 is 17.1. The van der Waals surface area contributed by atoms with Gasteiger partial charge in [0.05, 0.1) is 24.7 Å². The number of hydrogen-bond acceptors (Lipinski definition) is 5. The van der Waals surface area contributed by atoms with Crippen LogP contribution >= 0.6 is 0 Å². The number of rotatable bonds is 20. The Labute approximate surface area is 281 Å². The van der Waals surface area contributed by atoms with Gasteiger partial charge in [0, 0.05) is 0 Å². The molecule has 1 atom stereocenters. The van der Waals surface area contributed by atoms with Crippen LogP contribution in [-0.2, 0) is 9.53 Å². The molecule has 0 aliphatic heterocycles. The summed E-state index contributed by atoms with van der Waals surface area (Å²) in [5.41, 5.74) is 3.47. The third-order valence-electron chi connectivity index (χ3n) is 8.72. The summed E-state index contributed by atoms with van der Waals surface area (Å²) in [5.74, 6) is 0.400. The molecular weight excluding hydrogens is 584 g/mol. The highest BCUT2D eigenvalue weighted by atomic mass is 16.5. The zero-order valence-electron chi connectivity index (χ0n) is 28.6. The highest BCUT2D eigenvalue weighted by molar-refractivity contribution is 5.93. The number of carbonyl (C=O) groups excluding carboxylic acids is 2. The average molecular weight is 637 g/mol. The van der Waals surface area contributed by atoms with Gasteiger partial charge < -0.3 is 14.2 Å². The summed E-state index contributed by atoms with van der Waals surface area (Å²) in [6.07, 6.45) is 14.6. The van der Waals surface area contributed by atoms with Crippen molar-refractivity contribution in [2.45, 2.75) is 104 Å². The molecule has 250 valence electrons. The van der Waals surface area contributed by atoms with Crippen LogP contribution in [0.3, 0.4) is 0 Å². The second kappa shape index (κ2) is 19.5. The number of fused-ring (bicyclic) bond motifs is 1. The van der Waals surface area contributed by atoms with Gasteiger partial charge in [-0.15, -0.1) is 0 Å². The van der Waals surface area contributed by atoms with Gasteiger partial charge in [0.1, 0.15) is 11.5 Å².